The lowest BCUT2D eigenvalue weighted by atomic mass is 9.96. The summed E-state index contributed by atoms with van der Waals surface area (Å²) >= 11 is 0. The Morgan fingerprint density at radius 1 is 0.871 bits per heavy atom. The van der Waals surface area contributed by atoms with Crippen LogP contribution in [0.2, 0.25) is 0 Å². The van der Waals surface area contributed by atoms with Crippen LogP contribution in [0.5, 0.6) is 0 Å². The molecule has 0 aliphatic rings. The molecule has 3 aromatic rings. The highest BCUT2D eigenvalue weighted by Gasteiger charge is 2.12. The number of nitrogens with two attached hydrogens (primary N) is 1. The molecule has 0 aliphatic heterocycles. The molecule has 0 saturated carbocycles. The highest BCUT2D eigenvalue weighted by molar-refractivity contribution is 5.94. The first-order valence-corrected chi connectivity index (χ1v) is 10.5. The SMILES string of the molecule is N[C@@H](Cc1ccc(C(=O)NCCCCc2ccccc2-c2ccccc2)cc1)C(=O)O. The molecule has 0 spiro atoms. The number of rotatable bonds is 10. The van der Waals surface area contributed by atoms with E-state index in [1.54, 1.807) is 24.3 Å². The van der Waals surface area contributed by atoms with Crippen LogP contribution in [0.15, 0.2) is 78.9 Å². The lowest BCUT2D eigenvalue weighted by Crippen LogP contribution is -2.32. The zero-order valence-electron chi connectivity index (χ0n) is 17.5. The standard InChI is InChI=1S/C26H28N2O3/c27-24(26(30)31)18-19-13-15-22(16-14-19)25(29)28-17-7-6-11-21-10-4-5-12-23(21)20-8-2-1-3-9-20/h1-5,8-10,12-16,24H,6-7,11,17-18,27H2,(H,28,29)(H,30,31)/t24-/m0/s1. The van der Waals surface area contributed by atoms with E-state index in [2.05, 4.69) is 53.8 Å². The van der Waals surface area contributed by atoms with Crippen molar-refractivity contribution in [2.24, 2.45) is 5.73 Å². The third-order valence-electron chi connectivity index (χ3n) is 5.25. The summed E-state index contributed by atoms with van der Waals surface area (Å²) in [5, 5.41) is 11.8. The van der Waals surface area contributed by atoms with Gasteiger partial charge in [0.2, 0.25) is 0 Å². The van der Waals surface area contributed by atoms with E-state index in [0.29, 0.717) is 12.1 Å². The zero-order chi connectivity index (χ0) is 22.1. The fourth-order valence-electron chi connectivity index (χ4n) is 3.52. The van der Waals surface area contributed by atoms with Gasteiger partial charge in [0.25, 0.3) is 5.91 Å². The summed E-state index contributed by atoms with van der Waals surface area (Å²) in [5.74, 6) is -1.16. The van der Waals surface area contributed by atoms with E-state index >= 15 is 0 Å². The topological polar surface area (TPSA) is 92.4 Å². The van der Waals surface area contributed by atoms with E-state index in [0.717, 1.165) is 24.8 Å². The minimum Gasteiger partial charge on any atom is -0.480 e. The van der Waals surface area contributed by atoms with Gasteiger partial charge in [0.05, 0.1) is 0 Å². The maximum absolute atomic E-state index is 12.3. The fraction of sp³-hybridized carbons (Fsp3) is 0.231. The highest BCUT2D eigenvalue weighted by atomic mass is 16.4. The summed E-state index contributed by atoms with van der Waals surface area (Å²) < 4.78 is 0. The fourth-order valence-corrected chi connectivity index (χ4v) is 3.52. The number of aryl methyl sites for hydroxylation is 1. The van der Waals surface area contributed by atoms with Crippen molar-refractivity contribution in [2.45, 2.75) is 31.7 Å². The van der Waals surface area contributed by atoms with Crippen molar-refractivity contribution in [1.82, 2.24) is 5.32 Å². The molecule has 5 heteroatoms. The van der Waals surface area contributed by atoms with Crippen LogP contribution in [0, 0.1) is 0 Å². The molecule has 3 aromatic carbocycles. The number of amides is 1. The number of carboxylic acid groups (broad SMARTS) is 1. The largest absolute Gasteiger partial charge is 0.480 e. The van der Waals surface area contributed by atoms with Crippen LogP contribution in [0.1, 0.15) is 34.3 Å². The molecule has 3 rings (SSSR count). The molecule has 0 bridgehead atoms. The maximum Gasteiger partial charge on any atom is 0.320 e. The van der Waals surface area contributed by atoms with Crippen molar-refractivity contribution in [3.63, 3.8) is 0 Å². The van der Waals surface area contributed by atoms with Crippen molar-refractivity contribution >= 4 is 11.9 Å². The molecule has 0 aliphatic carbocycles. The van der Waals surface area contributed by atoms with E-state index in [1.807, 2.05) is 6.07 Å². The Hall–Kier alpha value is -3.44. The lowest BCUT2D eigenvalue weighted by molar-refractivity contribution is -0.138. The summed E-state index contributed by atoms with van der Waals surface area (Å²) in [4.78, 5) is 23.2. The van der Waals surface area contributed by atoms with Crippen molar-refractivity contribution in [2.75, 3.05) is 6.54 Å². The predicted molar refractivity (Wildman–Crippen MR) is 123 cm³/mol. The Morgan fingerprint density at radius 2 is 1.55 bits per heavy atom. The summed E-state index contributed by atoms with van der Waals surface area (Å²) in [6, 6.07) is 24.8. The molecule has 0 fully saturated rings. The number of nitrogens with one attached hydrogen (secondary N) is 1. The minimum atomic E-state index is -1.03. The van der Waals surface area contributed by atoms with Gasteiger partial charge in [-0.05, 0) is 60.1 Å². The Labute approximate surface area is 182 Å². The highest BCUT2D eigenvalue weighted by Crippen LogP contribution is 2.24. The first kappa shape index (κ1) is 22.2. The van der Waals surface area contributed by atoms with Crippen molar-refractivity contribution in [3.8, 4) is 11.1 Å². The first-order valence-electron chi connectivity index (χ1n) is 10.5. The lowest BCUT2D eigenvalue weighted by Gasteiger charge is -2.10. The third kappa shape index (κ3) is 6.52. The molecule has 0 unspecified atom stereocenters. The number of hydrogen-bond acceptors (Lipinski definition) is 3. The normalized spacial score (nSPS) is 11.6. The summed E-state index contributed by atoms with van der Waals surface area (Å²) in [6.45, 7) is 0.609. The van der Waals surface area contributed by atoms with E-state index in [4.69, 9.17) is 10.8 Å². The van der Waals surface area contributed by atoms with Gasteiger partial charge < -0.3 is 16.2 Å². The number of unbranched alkanes of at least 4 members (excludes halogenated alkanes) is 1. The molecule has 160 valence electrons. The third-order valence-corrected chi connectivity index (χ3v) is 5.25. The van der Waals surface area contributed by atoms with Crippen molar-refractivity contribution in [1.29, 1.82) is 0 Å². The van der Waals surface area contributed by atoms with E-state index in [1.165, 1.54) is 16.7 Å². The van der Waals surface area contributed by atoms with E-state index in [9.17, 15) is 9.59 Å². The molecule has 0 radical (unpaired) electrons. The number of aliphatic carboxylic acids is 1. The smallest absolute Gasteiger partial charge is 0.320 e. The monoisotopic (exact) mass is 416 g/mol. The van der Waals surface area contributed by atoms with E-state index in [-0.39, 0.29) is 12.3 Å². The number of carboxylic acids is 1. The Kier molecular flexibility index (Phi) is 7.96. The van der Waals surface area contributed by atoms with Gasteiger partial charge in [0, 0.05) is 12.1 Å². The Morgan fingerprint density at radius 3 is 2.26 bits per heavy atom. The van der Waals surface area contributed by atoms with Crippen LogP contribution in [0.25, 0.3) is 11.1 Å². The number of carbonyl (C=O) groups excluding carboxylic acids is 1. The molecule has 1 amide bonds. The average Bonchev–Trinajstić information content (AvgIpc) is 2.80. The van der Waals surface area contributed by atoms with Crippen molar-refractivity contribution < 1.29 is 14.7 Å². The van der Waals surface area contributed by atoms with Gasteiger partial charge in [-0.3, -0.25) is 9.59 Å². The maximum atomic E-state index is 12.3. The quantitative estimate of drug-likeness (QED) is 0.435. The number of carbonyl (C=O) groups is 2. The van der Waals surface area contributed by atoms with Crippen LogP contribution < -0.4 is 11.1 Å². The average molecular weight is 417 g/mol. The van der Waals surface area contributed by atoms with Gasteiger partial charge in [-0.2, -0.15) is 0 Å². The van der Waals surface area contributed by atoms with E-state index < -0.39 is 12.0 Å². The Balaban J connectivity index is 1.44. The number of hydrogen-bond donors (Lipinski definition) is 3. The Bertz CT molecular complexity index is 1000. The molecule has 31 heavy (non-hydrogen) atoms. The molecule has 0 heterocycles. The van der Waals surface area contributed by atoms with Gasteiger partial charge >= 0.3 is 5.97 Å². The first-order chi connectivity index (χ1) is 15.0. The molecule has 5 nitrogen and oxygen atoms in total. The van der Waals surface area contributed by atoms with Crippen molar-refractivity contribution in [3.05, 3.63) is 95.6 Å². The second-order valence-electron chi connectivity index (χ2n) is 7.58. The second kappa shape index (κ2) is 11.1. The number of benzene rings is 3. The molecule has 1 atom stereocenters. The zero-order valence-corrected chi connectivity index (χ0v) is 17.5. The van der Waals surface area contributed by atoms with Gasteiger partial charge in [0.1, 0.15) is 6.04 Å². The molecule has 0 aromatic heterocycles. The van der Waals surface area contributed by atoms with Gasteiger partial charge in [-0.15, -0.1) is 0 Å². The van der Waals surface area contributed by atoms with Crippen LogP contribution in [0.4, 0.5) is 0 Å². The molecule has 4 N–H and O–H groups in total. The summed E-state index contributed by atoms with van der Waals surface area (Å²) in [7, 11) is 0. The minimum absolute atomic E-state index is 0.126. The predicted octanol–water partition coefficient (Wildman–Crippen LogP) is 4.06. The second-order valence-corrected chi connectivity index (χ2v) is 7.58. The molecular weight excluding hydrogens is 388 g/mol. The van der Waals surface area contributed by atoms with Gasteiger partial charge in [-0.1, -0.05) is 66.7 Å². The van der Waals surface area contributed by atoms with Crippen LogP contribution >= 0.6 is 0 Å². The summed E-state index contributed by atoms with van der Waals surface area (Å²) in [6.07, 6.45) is 3.07. The summed E-state index contributed by atoms with van der Waals surface area (Å²) in [5.41, 5.74) is 10.7. The van der Waals surface area contributed by atoms with Crippen LogP contribution in [-0.4, -0.2) is 29.6 Å². The van der Waals surface area contributed by atoms with Gasteiger partial charge in [0.15, 0.2) is 0 Å². The molecule has 0 saturated heterocycles. The van der Waals surface area contributed by atoms with Crippen LogP contribution in [0.3, 0.4) is 0 Å². The van der Waals surface area contributed by atoms with Crippen LogP contribution in [-0.2, 0) is 17.6 Å². The van der Waals surface area contributed by atoms with Gasteiger partial charge in [-0.25, -0.2) is 0 Å². The molecular formula is C26H28N2O3.